The van der Waals surface area contributed by atoms with E-state index < -0.39 is 0 Å². The van der Waals surface area contributed by atoms with E-state index in [0.29, 0.717) is 0 Å². The van der Waals surface area contributed by atoms with Crippen LogP contribution in [0.1, 0.15) is 45.1 Å². The first kappa shape index (κ1) is 17.0. The number of likely N-dealkylation sites (tertiary alicyclic amines) is 1. The van der Waals surface area contributed by atoms with Crippen LogP contribution in [0.15, 0.2) is 18.2 Å². The number of unbranched alkanes of at least 4 members (excludes halogenated alkanes) is 3. The molecule has 1 saturated heterocycles. The van der Waals surface area contributed by atoms with Crippen molar-refractivity contribution >= 4 is 26.9 Å². The molecule has 0 N–H and O–H groups in total. The van der Waals surface area contributed by atoms with E-state index in [1.165, 1.54) is 67.7 Å². The van der Waals surface area contributed by atoms with Crippen molar-refractivity contribution in [1.29, 1.82) is 0 Å². The number of nitro benzene ring substituents is 1. The first-order valence-electron chi connectivity index (χ1n) is 8.75. The van der Waals surface area contributed by atoms with Gasteiger partial charge < -0.3 is 0 Å². The quantitative estimate of drug-likeness (QED) is 0.317. The van der Waals surface area contributed by atoms with E-state index in [1.54, 1.807) is 6.07 Å². The fraction of sp³-hybridized carbons (Fsp3) is 0.667. The Balaban J connectivity index is 1.60. The monoisotopic (exact) mass is 378 g/mol. The maximum absolute atomic E-state index is 11.0. The molecule has 3 unspecified atom stereocenters. The van der Waals surface area contributed by atoms with Crippen LogP contribution in [-0.2, 0) is 5.41 Å². The van der Waals surface area contributed by atoms with Crippen LogP contribution in [-0.4, -0.2) is 46.3 Å². The van der Waals surface area contributed by atoms with Crippen LogP contribution in [0.4, 0.5) is 5.69 Å². The third-order valence-electron chi connectivity index (χ3n) is 6.00. The van der Waals surface area contributed by atoms with Crippen molar-refractivity contribution in [1.82, 2.24) is 4.90 Å². The normalized spacial score (nSPS) is 29.5. The first-order valence-corrected chi connectivity index (χ1v) is 9.96. The molecule has 1 heterocycles. The predicted octanol–water partition coefficient (Wildman–Crippen LogP) is 2.25. The van der Waals surface area contributed by atoms with Gasteiger partial charge in [-0.1, -0.05) is 6.92 Å². The van der Waals surface area contributed by atoms with E-state index in [9.17, 15) is 10.1 Å². The zero-order valence-electron chi connectivity index (χ0n) is 14.1. The number of piperidine rings is 1. The van der Waals surface area contributed by atoms with Crippen molar-refractivity contribution in [3.8, 4) is 0 Å². The number of hydrogen-bond acceptors (Lipinski definition) is 3. The van der Waals surface area contributed by atoms with Crippen LogP contribution in [0, 0.1) is 22.0 Å². The van der Waals surface area contributed by atoms with Crippen LogP contribution in [0.2, 0.25) is 0 Å². The minimum atomic E-state index is -0.269. The molecule has 0 spiro atoms. The number of fused-ring (bicyclic) bond motifs is 1. The molecule has 1 aromatic carbocycles. The van der Waals surface area contributed by atoms with Gasteiger partial charge in [0.1, 0.15) is 0 Å². The molecule has 1 aliphatic heterocycles. The Morgan fingerprint density at radius 3 is 2.57 bits per heavy atom. The second-order valence-electron chi connectivity index (χ2n) is 7.35. The molecule has 0 bridgehead atoms. The summed E-state index contributed by atoms with van der Waals surface area (Å²) in [5, 5.41) is 11.0. The SMILES string of the molecule is CCCCCCN1CC2C(C1)C2(C)c1ccc([N+](=O)[O-])c([AsH2])c1. The fourth-order valence-corrected chi connectivity index (χ4v) is 5.19. The number of rotatable bonds is 7. The average Bonchev–Trinajstić information content (AvgIpc) is 2.88. The molecule has 126 valence electrons. The maximum atomic E-state index is 11.0. The summed E-state index contributed by atoms with van der Waals surface area (Å²) in [6.07, 6.45) is 5.32. The molecular weight excluding hydrogens is 351 g/mol. The first-order chi connectivity index (χ1) is 11.0. The standard InChI is InChI=1S/C18H27AsN2O2/c1-3-4-5-6-9-20-11-14-15(12-20)18(14,2)13-7-8-17(21(22)23)16(19)10-13/h7-8,10,14-15H,3-6,9,11-12,19H2,1-2H3. The third-order valence-corrected chi connectivity index (χ3v) is 6.97. The topological polar surface area (TPSA) is 46.4 Å². The molecule has 0 amide bonds. The van der Waals surface area contributed by atoms with Gasteiger partial charge >= 0.3 is 140 Å². The summed E-state index contributed by atoms with van der Waals surface area (Å²) < 4.78 is 0.850. The third kappa shape index (κ3) is 3.08. The molecule has 4 nitrogen and oxygen atoms in total. The van der Waals surface area contributed by atoms with Crippen molar-refractivity contribution in [2.45, 2.75) is 44.9 Å². The molecule has 2 fully saturated rings. The van der Waals surface area contributed by atoms with Crippen LogP contribution < -0.4 is 4.35 Å². The van der Waals surface area contributed by atoms with E-state index in [-0.39, 0.29) is 16.0 Å². The molecule has 0 radical (unpaired) electrons. The van der Waals surface area contributed by atoms with Crippen molar-refractivity contribution in [3.63, 3.8) is 0 Å². The van der Waals surface area contributed by atoms with Gasteiger partial charge in [0.15, 0.2) is 0 Å². The number of hydrogen-bond donors (Lipinski definition) is 0. The van der Waals surface area contributed by atoms with E-state index in [2.05, 4.69) is 24.8 Å². The van der Waals surface area contributed by atoms with E-state index in [0.717, 1.165) is 16.2 Å². The van der Waals surface area contributed by atoms with Crippen molar-refractivity contribution in [3.05, 3.63) is 33.9 Å². The molecule has 1 saturated carbocycles. The Bertz CT molecular complexity index is 593. The van der Waals surface area contributed by atoms with Gasteiger partial charge in [-0.05, 0) is 0 Å². The van der Waals surface area contributed by atoms with Crippen molar-refractivity contribution in [2.75, 3.05) is 19.6 Å². The van der Waals surface area contributed by atoms with Gasteiger partial charge in [-0.15, -0.1) is 0 Å². The zero-order chi connectivity index (χ0) is 16.6. The van der Waals surface area contributed by atoms with E-state index >= 15 is 0 Å². The van der Waals surface area contributed by atoms with Gasteiger partial charge in [0.25, 0.3) is 0 Å². The van der Waals surface area contributed by atoms with E-state index in [1.807, 2.05) is 6.07 Å². The van der Waals surface area contributed by atoms with Gasteiger partial charge in [0.05, 0.1) is 0 Å². The van der Waals surface area contributed by atoms with Crippen LogP contribution in [0.3, 0.4) is 0 Å². The summed E-state index contributed by atoms with van der Waals surface area (Å²) in [7, 11) is 0. The summed E-state index contributed by atoms with van der Waals surface area (Å²) in [5.41, 5.74) is 1.82. The minimum absolute atomic E-state index is 0.246. The van der Waals surface area contributed by atoms with Crippen LogP contribution in [0.5, 0.6) is 0 Å². The number of benzene rings is 1. The molecule has 5 heteroatoms. The van der Waals surface area contributed by atoms with Gasteiger partial charge in [-0.2, -0.15) is 0 Å². The molecule has 23 heavy (non-hydrogen) atoms. The van der Waals surface area contributed by atoms with Gasteiger partial charge in [-0.3, -0.25) is 0 Å². The Morgan fingerprint density at radius 1 is 1.30 bits per heavy atom. The number of nitrogens with zero attached hydrogens (tertiary/aromatic N) is 2. The molecule has 3 rings (SSSR count). The van der Waals surface area contributed by atoms with Gasteiger partial charge in [0, 0.05) is 0 Å². The molecule has 1 aromatic rings. The molecular formula is C18H27AsN2O2. The second-order valence-corrected chi connectivity index (χ2v) is 8.65. The Hall–Kier alpha value is -0.862. The van der Waals surface area contributed by atoms with Gasteiger partial charge in [-0.25, -0.2) is 0 Å². The summed E-state index contributed by atoms with van der Waals surface area (Å²) >= 11 is 1.35. The van der Waals surface area contributed by atoms with Crippen LogP contribution in [0.25, 0.3) is 0 Å². The summed E-state index contributed by atoms with van der Waals surface area (Å²) in [5.74, 6) is 1.48. The van der Waals surface area contributed by atoms with Crippen molar-refractivity contribution < 1.29 is 4.92 Å². The molecule has 3 atom stereocenters. The van der Waals surface area contributed by atoms with Gasteiger partial charge in [0.2, 0.25) is 0 Å². The Labute approximate surface area is 147 Å². The fourth-order valence-electron chi connectivity index (χ4n) is 4.39. The van der Waals surface area contributed by atoms with E-state index in [4.69, 9.17) is 0 Å². The van der Waals surface area contributed by atoms with Crippen molar-refractivity contribution in [2.24, 2.45) is 11.8 Å². The molecule has 1 aliphatic carbocycles. The molecule has 2 aliphatic rings. The second kappa shape index (κ2) is 6.56. The number of nitro groups is 1. The summed E-state index contributed by atoms with van der Waals surface area (Å²) in [4.78, 5) is 13.3. The summed E-state index contributed by atoms with van der Waals surface area (Å²) in [6.45, 7) is 8.25. The van der Waals surface area contributed by atoms with Crippen LogP contribution >= 0.6 is 0 Å². The average molecular weight is 378 g/mol. The predicted molar refractivity (Wildman–Crippen MR) is 96.2 cm³/mol. The Morgan fingerprint density at radius 2 is 2.00 bits per heavy atom. The Kier molecular flexibility index (Phi) is 4.85. The summed E-state index contributed by atoms with van der Waals surface area (Å²) in [6, 6.07) is 5.77. The zero-order valence-corrected chi connectivity index (χ0v) is 16.5. The molecule has 0 aromatic heterocycles.